The zero-order valence-electron chi connectivity index (χ0n) is 6.62. The van der Waals surface area contributed by atoms with E-state index >= 15 is 0 Å². The zero-order valence-corrected chi connectivity index (χ0v) is 11.4. The number of rotatable bonds is 1. The van der Waals surface area contributed by atoms with Crippen LogP contribution in [0.4, 0.5) is 13.2 Å². The van der Waals surface area contributed by atoms with Gasteiger partial charge in [0.1, 0.15) is 0 Å². The lowest BCUT2D eigenvalue weighted by Gasteiger charge is -2.18. The van der Waals surface area contributed by atoms with Gasteiger partial charge in [0, 0.05) is 5.57 Å². The highest BCUT2D eigenvalue weighted by Gasteiger charge is 2.41. The van der Waals surface area contributed by atoms with Crippen molar-refractivity contribution in [2.24, 2.45) is 0 Å². The van der Waals surface area contributed by atoms with Crippen LogP contribution in [0.15, 0.2) is 11.1 Å². The van der Waals surface area contributed by atoms with Gasteiger partial charge >= 0.3 is 12.1 Å². The number of carboxylic acids is 1. The molecule has 0 amide bonds. The third-order valence-electron chi connectivity index (χ3n) is 1.30. The predicted octanol–water partition coefficient (Wildman–Crippen LogP) is 3.79. The molecule has 1 N–H and O–H groups in total. The second-order valence-corrected chi connectivity index (χ2v) is 9.06. The highest BCUT2D eigenvalue weighted by Crippen LogP contribution is 2.45. The van der Waals surface area contributed by atoms with Gasteiger partial charge in [-0.2, -0.15) is 13.2 Å². The van der Waals surface area contributed by atoms with E-state index < -0.39 is 25.4 Å². The molecule has 0 aromatic rings. The molecule has 82 valence electrons. The van der Waals surface area contributed by atoms with Crippen LogP contribution in [0.5, 0.6) is 0 Å². The van der Waals surface area contributed by atoms with Crippen LogP contribution in [-0.2, 0) is 4.79 Å². The third kappa shape index (κ3) is 3.90. The van der Waals surface area contributed by atoms with Crippen LogP contribution < -0.4 is 0 Å². The third-order valence-corrected chi connectivity index (χ3v) is 2.49. The van der Waals surface area contributed by atoms with Crippen molar-refractivity contribution >= 4 is 53.8 Å². The van der Waals surface area contributed by atoms with E-state index in [2.05, 4.69) is 47.8 Å². The Morgan fingerprint density at radius 1 is 1.21 bits per heavy atom. The summed E-state index contributed by atoms with van der Waals surface area (Å²) in [4.78, 5) is 10.6. The summed E-state index contributed by atoms with van der Waals surface area (Å²) >= 11 is 8.20. The van der Waals surface area contributed by atoms with Crippen LogP contribution in [0, 0.1) is 0 Å². The average molecular weight is 405 g/mol. The maximum atomic E-state index is 12.2. The van der Waals surface area contributed by atoms with Gasteiger partial charge in [0.2, 0.25) is 0 Å². The SMILES string of the molecule is CC(=C(C(=O)O)C(Br)(Br)Br)C(F)(F)F. The molecule has 0 radical (unpaired) electrons. The summed E-state index contributed by atoms with van der Waals surface area (Å²) in [6.07, 6.45) is -4.67. The monoisotopic (exact) mass is 402 g/mol. The summed E-state index contributed by atoms with van der Waals surface area (Å²) in [6, 6.07) is 0. The van der Waals surface area contributed by atoms with Gasteiger partial charge in [0.15, 0.2) is 2.14 Å². The largest absolute Gasteiger partial charge is 0.478 e. The number of carbonyl (C=O) groups is 1. The molecule has 0 bridgehead atoms. The van der Waals surface area contributed by atoms with Crippen LogP contribution in [0.2, 0.25) is 0 Å². The molecule has 0 aliphatic rings. The molecule has 0 heterocycles. The molecule has 0 saturated heterocycles. The summed E-state index contributed by atoms with van der Waals surface area (Å²) in [6.45, 7) is 0.696. The summed E-state index contributed by atoms with van der Waals surface area (Å²) < 4.78 is 35.0. The molecule has 14 heavy (non-hydrogen) atoms. The second-order valence-electron chi connectivity index (χ2n) is 2.30. The Morgan fingerprint density at radius 2 is 1.57 bits per heavy atom. The van der Waals surface area contributed by atoms with E-state index in [1.807, 2.05) is 0 Å². The van der Waals surface area contributed by atoms with Gasteiger partial charge in [-0.3, -0.25) is 0 Å². The molecule has 2 nitrogen and oxygen atoms in total. The van der Waals surface area contributed by atoms with Gasteiger partial charge in [-0.1, -0.05) is 47.8 Å². The molecular weight excluding hydrogens is 401 g/mol. The smallest absolute Gasteiger partial charge is 0.413 e. The molecule has 0 atom stereocenters. The van der Waals surface area contributed by atoms with Crippen molar-refractivity contribution in [1.29, 1.82) is 0 Å². The van der Waals surface area contributed by atoms with E-state index in [0.717, 1.165) is 0 Å². The van der Waals surface area contributed by atoms with Crippen LogP contribution in [0.25, 0.3) is 0 Å². The standard InChI is InChI=1S/C6H4Br3F3O2/c1-2(6(10,11)12)3(4(13)14)5(7,8)9/h1H3,(H,13,14). The summed E-state index contributed by atoms with van der Waals surface area (Å²) in [7, 11) is 0. The molecule has 8 heteroatoms. The molecule has 0 aliphatic carbocycles. The minimum atomic E-state index is -4.67. The fraction of sp³-hybridized carbons (Fsp3) is 0.500. The normalized spacial score (nSPS) is 15.1. The van der Waals surface area contributed by atoms with E-state index in [0.29, 0.717) is 6.92 Å². The van der Waals surface area contributed by atoms with Gasteiger partial charge in [-0.15, -0.1) is 0 Å². The number of alkyl halides is 6. The van der Waals surface area contributed by atoms with E-state index in [9.17, 15) is 18.0 Å². The lowest BCUT2D eigenvalue weighted by atomic mass is 10.1. The number of carboxylic acid groups (broad SMARTS) is 1. The number of allylic oxidation sites excluding steroid dienone is 1. The minimum absolute atomic E-state index is 0.696. The van der Waals surface area contributed by atoms with Gasteiger partial charge < -0.3 is 5.11 Å². The van der Waals surface area contributed by atoms with Crippen LogP contribution in [0.3, 0.4) is 0 Å². The quantitative estimate of drug-likeness (QED) is 0.533. The first-order chi connectivity index (χ1) is 5.98. The number of halogens is 6. The first kappa shape index (κ1) is 14.4. The van der Waals surface area contributed by atoms with E-state index in [-0.39, 0.29) is 0 Å². The van der Waals surface area contributed by atoms with Crippen molar-refractivity contribution < 1.29 is 23.1 Å². The first-order valence-corrected chi connectivity index (χ1v) is 5.44. The minimum Gasteiger partial charge on any atom is -0.478 e. The number of hydrogen-bond acceptors (Lipinski definition) is 1. The highest BCUT2D eigenvalue weighted by molar-refractivity contribution is 9.39. The lowest BCUT2D eigenvalue weighted by Crippen LogP contribution is -2.23. The Hall–Kier alpha value is 0.440. The van der Waals surface area contributed by atoms with Gasteiger partial charge in [-0.25, -0.2) is 4.79 Å². The molecule has 0 rings (SSSR count). The average Bonchev–Trinajstić information content (AvgIpc) is 1.79. The van der Waals surface area contributed by atoms with Crippen molar-refractivity contribution in [2.75, 3.05) is 0 Å². The van der Waals surface area contributed by atoms with Crippen molar-refractivity contribution in [3.63, 3.8) is 0 Å². The highest BCUT2D eigenvalue weighted by atomic mass is 80.0. The van der Waals surface area contributed by atoms with Gasteiger partial charge in [-0.05, 0) is 6.92 Å². The Bertz CT molecular complexity index is 277. The Balaban J connectivity index is 5.53. The van der Waals surface area contributed by atoms with Gasteiger partial charge in [0.25, 0.3) is 0 Å². The van der Waals surface area contributed by atoms with Crippen molar-refractivity contribution in [3.8, 4) is 0 Å². The van der Waals surface area contributed by atoms with Gasteiger partial charge in [0.05, 0.1) is 5.57 Å². The van der Waals surface area contributed by atoms with Crippen LogP contribution in [0.1, 0.15) is 6.92 Å². The number of hydrogen-bond donors (Lipinski definition) is 1. The molecule has 0 spiro atoms. The molecule has 0 aromatic carbocycles. The van der Waals surface area contributed by atoms with E-state index in [1.54, 1.807) is 0 Å². The summed E-state index contributed by atoms with van der Waals surface area (Å²) in [5, 5.41) is 8.59. The van der Waals surface area contributed by atoms with Crippen LogP contribution >= 0.6 is 47.8 Å². The first-order valence-electron chi connectivity index (χ1n) is 3.06. The summed E-state index contributed by atoms with van der Waals surface area (Å²) in [5.74, 6) is -1.66. The molecule has 0 saturated carbocycles. The van der Waals surface area contributed by atoms with E-state index in [4.69, 9.17) is 5.11 Å². The molecule has 0 fully saturated rings. The second kappa shape index (κ2) is 4.52. The Morgan fingerprint density at radius 3 is 1.64 bits per heavy atom. The summed E-state index contributed by atoms with van der Waals surface area (Å²) in [5.41, 5.74) is -2.03. The fourth-order valence-corrected chi connectivity index (χ4v) is 2.04. The van der Waals surface area contributed by atoms with Crippen molar-refractivity contribution in [1.82, 2.24) is 0 Å². The maximum absolute atomic E-state index is 12.2. The topological polar surface area (TPSA) is 37.3 Å². The van der Waals surface area contributed by atoms with E-state index in [1.165, 1.54) is 0 Å². The zero-order chi connectivity index (χ0) is 11.7. The molecular formula is C6H4Br3F3O2. The molecule has 0 aliphatic heterocycles. The van der Waals surface area contributed by atoms with Crippen molar-refractivity contribution in [3.05, 3.63) is 11.1 Å². The molecule has 0 aromatic heterocycles. The fourth-order valence-electron chi connectivity index (χ4n) is 0.636. The number of aliphatic carboxylic acids is 1. The van der Waals surface area contributed by atoms with Crippen molar-refractivity contribution in [2.45, 2.75) is 15.2 Å². The Kier molecular flexibility index (Phi) is 4.67. The molecule has 0 unspecified atom stereocenters. The predicted molar refractivity (Wildman–Crippen MR) is 55.9 cm³/mol. The lowest BCUT2D eigenvalue weighted by molar-refractivity contribution is -0.134. The van der Waals surface area contributed by atoms with Crippen LogP contribution in [-0.4, -0.2) is 19.4 Å². The maximum Gasteiger partial charge on any atom is 0.413 e. The Labute approximate surface area is 103 Å².